The number of amides is 2. The van der Waals surface area contributed by atoms with E-state index in [2.05, 4.69) is 32.3 Å². The Labute approximate surface area is 202 Å². The molecule has 2 amide bonds. The molecule has 1 aliphatic carbocycles. The highest BCUT2D eigenvalue weighted by Crippen LogP contribution is 2.36. The van der Waals surface area contributed by atoms with E-state index in [1.807, 2.05) is 31.2 Å². The van der Waals surface area contributed by atoms with E-state index in [4.69, 9.17) is 5.73 Å². The first kappa shape index (κ1) is 25.4. The average molecular weight is 484 g/mol. The average Bonchev–Trinajstić information content (AvgIpc) is 3.61. The van der Waals surface area contributed by atoms with E-state index >= 15 is 0 Å². The Bertz CT molecular complexity index is 1110. The molecule has 1 unspecified atom stereocenters. The minimum atomic E-state index is -2.87. The number of carbonyl (C=O) groups excluding carboxylic acids is 2. The molecule has 2 aromatic rings. The van der Waals surface area contributed by atoms with Crippen molar-refractivity contribution in [1.29, 1.82) is 0 Å². The first-order chi connectivity index (χ1) is 16.8. The van der Waals surface area contributed by atoms with E-state index < -0.39 is 18.1 Å². The first-order valence-corrected chi connectivity index (χ1v) is 10.9. The fraction of sp³-hybridized carbons (Fsp3) is 0.240. The van der Waals surface area contributed by atoms with Crippen LogP contribution in [0.5, 0.6) is 5.75 Å². The maximum atomic E-state index is 12.9. The van der Waals surface area contributed by atoms with Crippen molar-refractivity contribution < 1.29 is 23.1 Å². The smallest absolute Gasteiger partial charge is 0.387 e. The van der Waals surface area contributed by atoms with Crippen molar-refractivity contribution in [2.75, 3.05) is 5.32 Å². The summed E-state index contributed by atoms with van der Waals surface area (Å²) in [5.74, 6) is -0.679. The number of hydrogen-bond donors (Lipinski definition) is 4. The van der Waals surface area contributed by atoms with Crippen LogP contribution in [0.1, 0.15) is 31.4 Å². The summed E-state index contributed by atoms with van der Waals surface area (Å²) < 4.78 is 28.9. The molecule has 10 heteroatoms. The van der Waals surface area contributed by atoms with Crippen LogP contribution in [0.2, 0.25) is 0 Å². The number of nitrogens with two attached hydrogens (primary N) is 1. The molecular weight excluding hydrogens is 456 g/mol. The van der Waals surface area contributed by atoms with Crippen LogP contribution in [0.25, 0.3) is 0 Å². The van der Waals surface area contributed by atoms with E-state index in [0.29, 0.717) is 18.5 Å². The molecule has 5 N–H and O–H groups in total. The second-order valence-corrected chi connectivity index (χ2v) is 7.96. The molecule has 35 heavy (non-hydrogen) atoms. The van der Waals surface area contributed by atoms with Crippen LogP contribution in [-0.2, 0) is 9.59 Å². The number of anilines is 2. The highest BCUT2D eigenvalue weighted by molar-refractivity contribution is 6.13. The van der Waals surface area contributed by atoms with Gasteiger partial charge in [0, 0.05) is 30.0 Å². The minimum Gasteiger partial charge on any atom is -0.435 e. The van der Waals surface area contributed by atoms with Gasteiger partial charge in [0.15, 0.2) is 0 Å². The first-order valence-electron chi connectivity index (χ1n) is 10.9. The highest BCUT2D eigenvalue weighted by Gasteiger charge is 2.51. The predicted octanol–water partition coefficient (Wildman–Crippen LogP) is 3.91. The Morgan fingerprint density at radius 1 is 1.11 bits per heavy atom. The van der Waals surface area contributed by atoms with Gasteiger partial charge >= 0.3 is 6.61 Å². The zero-order valence-corrected chi connectivity index (χ0v) is 19.1. The van der Waals surface area contributed by atoms with Crippen molar-refractivity contribution in [3.05, 3.63) is 78.6 Å². The lowest BCUT2D eigenvalue weighted by Crippen LogP contribution is -2.50. The van der Waals surface area contributed by atoms with Gasteiger partial charge in [0.2, 0.25) is 5.91 Å². The van der Waals surface area contributed by atoms with E-state index in [9.17, 15) is 18.4 Å². The number of alkyl halides is 2. The van der Waals surface area contributed by atoms with Gasteiger partial charge in [0.05, 0.1) is 11.6 Å². The lowest BCUT2D eigenvalue weighted by Gasteiger charge is -2.21. The maximum absolute atomic E-state index is 12.9. The molecule has 1 fully saturated rings. The van der Waals surface area contributed by atoms with Crippen LogP contribution in [-0.4, -0.2) is 30.2 Å². The third-order valence-corrected chi connectivity index (χ3v) is 5.42. The lowest BCUT2D eigenvalue weighted by atomic mass is 10.1. The summed E-state index contributed by atoms with van der Waals surface area (Å²) >= 11 is 0. The quantitative estimate of drug-likeness (QED) is 0.286. The molecule has 1 saturated carbocycles. The Balaban J connectivity index is 1.56. The van der Waals surface area contributed by atoms with Gasteiger partial charge in [-0.25, -0.2) is 0 Å². The molecule has 0 aliphatic heterocycles. The molecular formula is C25H27F2N5O3. The van der Waals surface area contributed by atoms with E-state index in [1.165, 1.54) is 24.5 Å². The van der Waals surface area contributed by atoms with Gasteiger partial charge in [-0.2, -0.15) is 8.78 Å². The molecule has 1 aliphatic rings. The van der Waals surface area contributed by atoms with Crippen molar-refractivity contribution in [1.82, 2.24) is 10.6 Å². The molecule has 0 saturated heterocycles. The molecule has 0 aromatic heterocycles. The Morgan fingerprint density at radius 3 is 2.23 bits per heavy atom. The second kappa shape index (κ2) is 11.3. The summed E-state index contributed by atoms with van der Waals surface area (Å²) in [5.41, 5.74) is 7.00. The Kier molecular flexibility index (Phi) is 8.19. The van der Waals surface area contributed by atoms with Crippen molar-refractivity contribution in [3.8, 4) is 5.75 Å². The topological polar surface area (TPSA) is 118 Å². The number of ether oxygens (including phenoxy) is 1. The van der Waals surface area contributed by atoms with Crippen LogP contribution in [0.4, 0.5) is 20.2 Å². The molecule has 0 bridgehead atoms. The number of halogens is 2. The lowest BCUT2D eigenvalue weighted by molar-refractivity contribution is -0.128. The summed E-state index contributed by atoms with van der Waals surface area (Å²) in [6.07, 6.45) is 4.73. The van der Waals surface area contributed by atoms with Gasteiger partial charge in [-0.3, -0.25) is 14.6 Å². The number of carbonyl (C=O) groups is 2. The zero-order chi connectivity index (χ0) is 25.4. The number of nitrogens with zero attached hydrogens (tertiary/aromatic N) is 1. The van der Waals surface area contributed by atoms with Crippen molar-refractivity contribution >= 4 is 29.4 Å². The third kappa shape index (κ3) is 6.89. The molecule has 0 spiro atoms. The van der Waals surface area contributed by atoms with Crippen LogP contribution in [0.3, 0.4) is 0 Å². The van der Waals surface area contributed by atoms with Crippen LogP contribution >= 0.6 is 0 Å². The molecule has 0 radical (unpaired) electrons. The normalized spacial score (nSPS) is 15.4. The SMILES string of the molecule is C=C/N=C\C(=C/N)C(=O)NC1(C(=O)NC(C)c2ccc(Nc3ccc(OC(F)F)cc3)cc2)CC1. The van der Waals surface area contributed by atoms with Gasteiger partial charge < -0.3 is 26.4 Å². The summed E-state index contributed by atoms with van der Waals surface area (Å²) in [7, 11) is 0. The predicted molar refractivity (Wildman–Crippen MR) is 130 cm³/mol. The van der Waals surface area contributed by atoms with Crippen molar-refractivity contribution in [2.45, 2.75) is 38.0 Å². The van der Waals surface area contributed by atoms with Gasteiger partial charge in [-0.1, -0.05) is 18.7 Å². The standard InChI is InChI=1S/C25H27F2N5O3/c1-3-29-15-18(14-28)22(33)32-25(12-13-25)23(34)30-16(2)17-4-6-19(7-5-17)31-20-8-10-21(11-9-20)35-24(26)27/h3-11,14-16,24,31H,1,12-13,28H2,2H3,(H,30,34)(H,32,33)/b18-14+,29-15-. The van der Waals surface area contributed by atoms with Gasteiger partial charge in [-0.15, -0.1) is 0 Å². The molecule has 3 rings (SSSR count). The van der Waals surface area contributed by atoms with Gasteiger partial charge in [0.25, 0.3) is 5.91 Å². The Morgan fingerprint density at radius 2 is 1.71 bits per heavy atom. The van der Waals surface area contributed by atoms with Crippen LogP contribution in [0, 0.1) is 0 Å². The fourth-order valence-electron chi connectivity index (χ4n) is 3.29. The highest BCUT2D eigenvalue weighted by atomic mass is 19.3. The second-order valence-electron chi connectivity index (χ2n) is 7.96. The van der Waals surface area contributed by atoms with Crippen molar-refractivity contribution in [2.24, 2.45) is 10.7 Å². The third-order valence-electron chi connectivity index (χ3n) is 5.42. The van der Waals surface area contributed by atoms with Crippen LogP contribution in [0.15, 0.2) is 78.1 Å². The summed E-state index contributed by atoms with van der Waals surface area (Å²) in [5, 5.41) is 8.86. The van der Waals surface area contributed by atoms with Gasteiger partial charge in [0.1, 0.15) is 11.3 Å². The molecule has 2 aromatic carbocycles. The largest absolute Gasteiger partial charge is 0.435 e. The Hall–Kier alpha value is -4.21. The monoisotopic (exact) mass is 483 g/mol. The fourth-order valence-corrected chi connectivity index (χ4v) is 3.29. The number of nitrogens with one attached hydrogen (secondary N) is 3. The van der Waals surface area contributed by atoms with E-state index in [-0.39, 0.29) is 23.3 Å². The minimum absolute atomic E-state index is 0.0789. The van der Waals surface area contributed by atoms with E-state index in [0.717, 1.165) is 17.5 Å². The number of hydrogen-bond acceptors (Lipinski definition) is 6. The van der Waals surface area contributed by atoms with Crippen molar-refractivity contribution in [3.63, 3.8) is 0 Å². The van der Waals surface area contributed by atoms with E-state index in [1.54, 1.807) is 12.1 Å². The molecule has 0 heterocycles. The molecule has 1 atom stereocenters. The van der Waals surface area contributed by atoms with Crippen LogP contribution < -0.4 is 26.4 Å². The molecule has 8 nitrogen and oxygen atoms in total. The number of benzene rings is 2. The summed E-state index contributed by atoms with van der Waals surface area (Å²) in [6.45, 7) is 2.43. The summed E-state index contributed by atoms with van der Waals surface area (Å²) in [4.78, 5) is 29.1. The zero-order valence-electron chi connectivity index (χ0n) is 19.1. The summed E-state index contributed by atoms with van der Waals surface area (Å²) in [6, 6.07) is 13.3. The van der Waals surface area contributed by atoms with Gasteiger partial charge in [-0.05, 0) is 61.7 Å². The number of rotatable bonds is 11. The number of aliphatic imine (C=N–C) groups is 1. The molecule has 184 valence electrons. The maximum Gasteiger partial charge on any atom is 0.387 e.